The minimum atomic E-state index is 1.10. The third kappa shape index (κ3) is 3.24. The molecule has 0 atom stereocenters. The Bertz CT molecular complexity index is 513. The molecule has 100 valence electrons. The van der Waals surface area contributed by atoms with Gasteiger partial charge in [-0.15, -0.1) is 11.3 Å². The summed E-state index contributed by atoms with van der Waals surface area (Å²) in [6, 6.07) is 15.2. The second-order valence-corrected chi connectivity index (χ2v) is 6.38. The van der Waals surface area contributed by atoms with Crippen molar-refractivity contribution in [1.82, 2.24) is 9.80 Å². The molecule has 3 heteroatoms. The number of benzene rings is 1. The largest absolute Gasteiger partial charge is 0.304 e. The van der Waals surface area contributed by atoms with E-state index < -0.39 is 0 Å². The topological polar surface area (TPSA) is 6.48 Å². The van der Waals surface area contributed by atoms with Crippen LogP contribution in [0.1, 0.15) is 4.88 Å². The number of thiophene rings is 1. The number of hydrogen-bond acceptors (Lipinski definition) is 3. The second kappa shape index (κ2) is 5.87. The van der Waals surface area contributed by atoms with Crippen LogP contribution >= 0.6 is 11.3 Å². The Morgan fingerprint density at radius 1 is 0.947 bits per heavy atom. The minimum absolute atomic E-state index is 1.10. The summed E-state index contributed by atoms with van der Waals surface area (Å²) in [5.41, 5.74) is 1.33. The van der Waals surface area contributed by atoms with Crippen LogP contribution in [-0.4, -0.2) is 43.0 Å². The zero-order chi connectivity index (χ0) is 13.1. The maximum Gasteiger partial charge on any atom is 0.0346 e. The molecule has 0 radical (unpaired) electrons. The molecule has 2 heterocycles. The average molecular weight is 272 g/mol. The third-order valence-electron chi connectivity index (χ3n) is 3.70. The van der Waals surface area contributed by atoms with Crippen LogP contribution in [0.15, 0.2) is 42.5 Å². The molecule has 1 aliphatic heterocycles. The monoisotopic (exact) mass is 272 g/mol. The molecule has 1 aliphatic rings. The molecule has 0 unspecified atom stereocenters. The van der Waals surface area contributed by atoms with E-state index in [1.54, 1.807) is 0 Å². The van der Waals surface area contributed by atoms with E-state index in [2.05, 4.69) is 59.3 Å². The predicted molar refractivity (Wildman–Crippen MR) is 82.5 cm³/mol. The summed E-state index contributed by atoms with van der Waals surface area (Å²) < 4.78 is 0. The van der Waals surface area contributed by atoms with Gasteiger partial charge in [-0.3, -0.25) is 4.90 Å². The quantitative estimate of drug-likeness (QED) is 0.847. The van der Waals surface area contributed by atoms with Gasteiger partial charge < -0.3 is 4.90 Å². The molecule has 0 N–H and O–H groups in total. The highest BCUT2D eigenvalue weighted by Crippen LogP contribution is 2.28. The second-order valence-electron chi connectivity index (χ2n) is 5.21. The van der Waals surface area contributed by atoms with Crippen LogP contribution in [0.2, 0.25) is 0 Å². The normalized spacial score (nSPS) is 17.7. The Hall–Kier alpha value is -1.16. The van der Waals surface area contributed by atoms with E-state index >= 15 is 0 Å². The summed E-state index contributed by atoms with van der Waals surface area (Å²) in [6.07, 6.45) is 0. The van der Waals surface area contributed by atoms with Gasteiger partial charge in [-0.2, -0.15) is 0 Å². The summed E-state index contributed by atoms with van der Waals surface area (Å²) >= 11 is 1.93. The van der Waals surface area contributed by atoms with Gasteiger partial charge in [0.2, 0.25) is 0 Å². The molecule has 19 heavy (non-hydrogen) atoms. The minimum Gasteiger partial charge on any atom is -0.304 e. The Kier molecular flexibility index (Phi) is 3.97. The fourth-order valence-electron chi connectivity index (χ4n) is 2.45. The fourth-order valence-corrected chi connectivity index (χ4v) is 3.50. The molecule has 2 aromatic rings. The van der Waals surface area contributed by atoms with Crippen molar-refractivity contribution >= 4 is 11.3 Å². The number of hydrogen-bond donors (Lipinski definition) is 0. The molecule has 0 amide bonds. The molecular formula is C16H20N2S. The first-order valence-electron chi connectivity index (χ1n) is 6.86. The Labute approximate surface area is 119 Å². The smallest absolute Gasteiger partial charge is 0.0346 e. The van der Waals surface area contributed by atoms with Gasteiger partial charge >= 0.3 is 0 Å². The van der Waals surface area contributed by atoms with Gasteiger partial charge in [0.15, 0.2) is 0 Å². The number of likely N-dealkylation sites (N-methyl/N-ethyl adjacent to an activating group) is 1. The maximum atomic E-state index is 2.56. The number of nitrogens with zero attached hydrogens (tertiary/aromatic N) is 2. The van der Waals surface area contributed by atoms with E-state index in [9.17, 15) is 0 Å². The summed E-state index contributed by atoms with van der Waals surface area (Å²) in [7, 11) is 2.20. The summed E-state index contributed by atoms with van der Waals surface area (Å²) in [5, 5.41) is 0. The van der Waals surface area contributed by atoms with Crippen molar-refractivity contribution in [2.24, 2.45) is 0 Å². The van der Waals surface area contributed by atoms with Crippen molar-refractivity contribution in [3.8, 4) is 10.4 Å². The van der Waals surface area contributed by atoms with Crippen molar-refractivity contribution in [2.45, 2.75) is 6.54 Å². The fraction of sp³-hybridized carbons (Fsp3) is 0.375. The molecule has 1 saturated heterocycles. The highest BCUT2D eigenvalue weighted by Gasteiger charge is 2.14. The van der Waals surface area contributed by atoms with Crippen molar-refractivity contribution in [1.29, 1.82) is 0 Å². The van der Waals surface area contributed by atoms with Crippen molar-refractivity contribution < 1.29 is 0 Å². The number of rotatable bonds is 3. The van der Waals surface area contributed by atoms with Gasteiger partial charge in [-0.25, -0.2) is 0 Å². The van der Waals surface area contributed by atoms with Gasteiger partial charge in [0.1, 0.15) is 0 Å². The Balaban J connectivity index is 1.65. The van der Waals surface area contributed by atoms with Crippen LogP contribution in [0, 0.1) is 0 Å². The summed E-state index contributed by atoms with van der Waals surface area (Å²) in [5.74, 6) is 0. The highest BCUT2D eigenvalue weighted by atomic mass is 32.1. The van der Waals surface area contributed by atoms with Crippen molar-refractivity contribution in [3.05, 3.63) is 47.3 Å². The highest BCUT2D eigenvalue weighted by molar-refractivity contribution is 7.15. The SMILES string of the molecule is CN1CCN(Cc2ccc(-c3ccccc3)s2)CC1. The van der Waals surface area contributed by atoms with Crippen LogP contribution in [-0.2, 0) is 6.54 Å². The van der Waals surface area contributed by atoms with Crippen LogP contribution in [0.4, 0.5) is 0 Å². The van der Waals surface area contributed by atoms with Gasteiger partial charge in [0, 0.05) is 42.5 Å². The lowest BCUT2D eigenvalue weighted by Crippen LogP contribution is -2.43. The maximum absolute atomic E-state index is 2.56. The average Bonchev–Trinajstić information content (AvgIpc) is 2.91. The van der Waals surface area contributed by atoms with Gasteiger partial charge in [-0.05, 0) is 24.7 Å². The molecule has 3 rings (SSSR count). The lowest BCUT2D eigenvalue weighted by Gasteiger charge is -2.31. The molecule has 1 aromatic heterocycles. The van der Waals surface area contributed by atoms with E-state index in [0.29, 0.717) is 0 Å². The molecule has 2 nitrogen and oxygen atoms in total. The molecule has 0 spiro atoms. The van der Waals surface area contributed by atoms with Gasteiger partial charge in [0.05, 0.1) is 0 Å². The molecule has 1 fully saturated rings. The Morgan fingerprint density at radius 3 is 2.42 bits per heavy atom. The first-order chi connectivity index (χ1) is 9.31. The van der Waals surface area contributed by atoms with Crippen LogP contribution < -0.4 is 0 Å². The van der Waals surface area contributed by atoms with E-state index in [0.717, 1.165) is 6.54 Å². The first-order valence-corrected chi connectivity index (χ1v) is 7.68. The van der Waals surface area contributed by atoms with E-state index in [-0.39, 0.29) is 0 Å². The predicted octanol–water partition coefficient (Wildman–Crippen LogP) is 3.16. The zero-order valence-electron chi connectivity index (χ0n) is 11.4. The lowest BCUT2D eigenvalue weighted by molar-refractivity contribution is 0.149. The molecule has 1 aromatic carbocycles. The molecule has 0 bridgehead atoms. The van der Waals surface area contributed by atoms with Crippen molar-refractivity contribution in [2.75, 3.05) is 33.2 Å². The molecule has 0 aliphatic carbocycles. The number of piperazine rings is 1. The zero-order valence-corrected chi connectivity index (χ0v) is 12.2. The molecule has 0 saturated carbocycles. The van der Waals surface area contributed by atoms with Gasteiger partial charge in [-0.1, -0.05) is 30.3 Å². The summed E-state index contributed by atoms with van der Waals surface area (Å²) in [4.78, 5) is 7.81. The first kappa shape index (κ1) is 12.9. The van der Waals surface area contributed by atoms with Crippen LogP contribution in [0.3, 0.4) is 0 Å². The van der Waals surface area contributed by atoms with Crippen LogP contribution in [0.5, 0.6) is 0 Å². The van der Waals surface area contributed by atoms with Gasteiger partial charge in [0.25, 0.3) is 0 Å². The van der Waals surface area contributed by atoms with E-state index in [4.69, 9.17) is 0 Å². The standard InChI is InChI=1S/C16H20N2S/c1-17-9-11-18(12-10-17)13-15-7-8-16(19-15)14-5-3-2-4-6-14/h2-8H,9-13H2,1H3. The van der Waals surface area contributed by atoms with Crippen molar-refractivity contribution in [3.63, 3.8) is 0 Å². The summed E-state index contributed by atoms with van der Waals surface area (Å²) in [6.45, 7) is 5.86. The van der Waals surface area contributed by atoms with Crippen LogP contribution in [0.25, 0.3) is 10.4 Å². The molecular weight excluding hydrogens is 252 g/mol. The van der Waals surface area contributed by atoms with E-state index in [1.165, 1.54) is 41.5 Å². The third-order valence-corrected chi connectivity index (χ3v) is 4.81. The Morgan fingerprint density at radius 2 is 1.68 bits per heavy atom. The van der Waals surface area contributed by atoms with E-state index in [1.807, 2.05) is 11.3 Å². The lowest BCUT2D eigenvalue weighted by atomic mass is 10.2.